The summed E-state index contributed by atoms with van der Waals surface area (Å²) in [6.45, 7) is 3.64. The van der Waals surface area contributed by atoms with Gasteiger partial charge in [0.1, 0.15) is 5.69 Å². The Balaban J connectivity index is 2.06. The van der Waals surface area contributed by atoms with Crippen LogP contribution >= 0.6 is 0 Å². The van der Waals surface area contributed by atoms with E-state index in [1.54, 1.807) is 12.3 Å². The molecule has 2 rings (SSSR count). The van der Waals surface area contributed by atoms with Gasteiger partial charge < -0.3 is 16.4 Å². The van der Waals surface area contributed by atoms with Gasteiger partial charge in [-0.05, 0) is 30.2 Å². The highest BCUT2D eigenvalue weighted by molar-refractivity contribution is 5.93. The summed E-state index contributed by atoms with van der Waals surface area (Å²) < 4.78 is 0. The number of pyridine rings is 1. The lowest BCUT2D eigenvalue weighted by Crippen LogP contribution is -2.23. The van der Waals surface area contributed by atoms with Crippen LogP contribution in [0.25, 0.3) is 0 Å². The molecule has 0 saturated carbocycles. The molecular formula is C16H20N4O. The Bertz CT molecular complexity index is 613. The van der Waals surface area contributed by atoms with Crippen molar-refractivity contribution >= 4 is 11.6 Å². The third kappa shape index (κ3) is 4.03. The van der Waals surface area contributed by atoms with Crippen LogP contribution in [0.2, 0.25) is 0 Å². The molecule has 0 saturated heterocycles. The van der Waals surface area contributed by atoms with E-state index >= 15 is 0 Å². The average Bonchev–Trinajstić information content (AvgIpc) is 2.53. The quantitative estimate of drug-likeness (QED) is 0.757. The molecule has 21 heavy (non-hydrogen) atoms. The number of nitrogens with two attached hydrogens (primary N) is 1. The molecule has 0 aliphatic heterocycles. The van der Waals surface area contributed by atoms with E-state index in [9.17, 15) is 4.79 Å². The van der Waals surface area contributed by atoms with E-state index in [1.165, 1.54) is 0 Å². The van der Waals surface area contributed by atoms with Crippen molar-refractivity contribution in [2.75, 3.05) is 11.9 Å². The number of hydrogen-bond donors (Lipinski definition) is 3. The third-order valence-corrected chi connectivity index (χ3v) is 3.15. The summed E-state index contributed by atoms with van der Waals surface area (Å²) in [6.07, 6.45) is 1.63. The fourth-order valence-electron chi connectivity index (χ4n) is 2.04. The number of nitrogens with one attached hydrogen (secondary N) is 2. The molecule has 110 valence electrons. The number of benzene rings is 1. The molecule has 5 heteroatoms. The minimum atomic E-state index is -0.163. The smallest absolute Gasteiger partial charge is 0.269 e. The zero-order chi connectivity index (χ0) is 15.1. The number of rotatable bonds is 6. The topological polar surface area (TPSA) is 80.0 Å². The van der Waals surface area contributed by atoms with Gasteiger partial charge in [0.05, 0.1) is 0 Å². The number of anilines is 1. The molecule has 5 nitrogen and oxygen atoms in total. The Kier molecular flexibility index (Phi) is 5.29. The third-order valence-electron chi connectivity index (χ3n) is 3.15. The van der Waals surface area contributed by atoms with Crippen molar-refractivity contribution in [1.29, 1.82) is 0 Å². The van der Waals surface area contributed by atoms with Gasteiger partial charge in [-0.1, -0.05) is 24.3 Å². The van der Waals surface area contributed by atoms with Gasteiger partial charge in [0.2, 0.25) is 0 Å². The van der Waals surface area contributed by atoms with E-state index in [0.717, 1.165) is 16.8 Å². The predicted molar refractivity (Wildman–Crippen MR) is 83.9 cm³/mol. The highest BCUT2D eigenvalue weighted by Crippen LogP contribution is 2.13. The molecule has 1 amide bonds. The van der Waals surface area contributed by atoms with Crippen molar-refractivity contribution in [1.82, 2.24) is 10.3 Å². The largest absolute Gasteiger partial charge is 0.381 e. The van der Waals surface area contributed by atoms with E-state index in [0.29, 0.717) is 25.3 Å². The molecular weight excluding hydrogens is 264 g/mol. The van der Waals surface area contributed by atoms with Crippen LogP contribution in [0.1, 0.15) is 28.5 Å². The van der Waals surface area contributed by atoms with Gasteiger partial charge in [0, 0.05) is 31.5 Å². The summed E-state index contributed by atoms with van der Waals surface area (Å²) in [5, 5.41) is 6.03. The number of aromatic nitrogens is 1. The first-order valence-electron chi connectivity index (χ1n) is 6.99. The first kappa shape index (κ1) is 15.0. The first-order chi connectivity index (χ1) is 10.2. The van der Waals surface area contributed by atoms with E-state index in [1.807, 2.05) is 37.3 Å². The van der Waals surface area contributed by atoms with Crippen molar-refractivity contribution in [3.8, 4) is 0 Å². The van der Waals surface area contributed by atoms with Gasteiger partial charge in [0.25, 0.3) is 5.91 Å². The van der Waals surface area contributed by atoms with Gasteiger partial charge in [-0.25, -0.2) is 0 Å². The van der Waals surface area contributed by atoms with Crippen LogP contribution in [-0.4, -0.2) is 17.4 Å². The standard InChI is InChI=1S/C16H20N4O/c1-2-18-16(21)15-9-14(7-8-19-15)20-11-13-6-4-3-5-12(13)10-17/h3-9H,2,10-11,17H2,1H3,(H,18,21)(H,19,20). The van der Waals surface area contributed by atoms with Gasteiger partial charge in [0.15, 0.2) is 0 Å². The molecule has 0 aliphatic carbocycles. The number of hydrogen-bond acceptors (Lipinski definition) is 4. The number of amides is 1. The molecule has 0 atom stereocenters. The SMILES string of the molecule is CCNC(=O)c1cc(NCc2ccccc2CN)ccn1. The second-order valence-electron chi connectivity index (χ2n) is 4.62. The van der Waals surface area contributed by atoms with E-state index in [4.69, 9.17) is 5.73 Å². The number of nitrogens with zero attached hydrogens (tertiary/aromatic N) is 1. The van der Waals surface area contributed by atoms with Crippen LogP contribution in [0, 0.1) is 0 Å². The Morgan fingerprint density at radius 2 is 2.00 bits per heavy atom. The Morgan fingerprint density at radius 3 is 2.71 bits per heavy atom. The Morgan fingerprint density at radius 1 is 1.24 bits per heavy atom. The molecule has 0 fully saturated rings. The second kappa shape index (κ2) is 7.40. The number of carbonyl (C=O) groups excluding carboxylic acids is 1. The second-order valence-corrected chi connectivity index (χ2v) is 4.62. The molecule has 2 aromatic rings. The molecule has 1 aromatic carbocycles. The fourth-order valence-corrected chi connectivity index (χ4v) is 2.04. The molecule has 0 radical (unpaired) electrons. The molecule has 4 N–H and O–H groups in total. The average molecular weight is 284 g/mol. The summed E-state index contributed by atoms with van der Waals surface area (Å²) in [5.74, 6) is -0.163. The maximum atomic E-state index is 11.8. The van der Waals surface area contributed by atoms with Crippen LogP contribution in [0.5, 0.6) is 0 Å². The molecule has 1 heterocycles. The van der Waals surface area contributed by atoms with Gasteiger partial charge in [-0.2, -0.15) is 0 Å². The zero-order valence-electron chi connectivity index (χ0n) is 12.1. The first-order valence-corrected chi connectivity index (χ1v) is 6.99. The number of carbonyl (C=O) groups is 1. The zero-order valence-corrected chi connectivity index (χ0v) is 12.1. The maximum Gasteiger partial charge on any atom is 0.269 e. The fraction of sp³-hybridized carbons (Fsp3) is 0.250. The lowest BCUT2D eigenvalue weighted by atomic mass is 10.1. The van der Waals surface area contributed by atoms with E-state index < -0.39 is 0 Å². The summed E-state index contributed by atoms with van der Waals surface area (Å²) in [6, 6.07) is 11.6. The van der Waals surface area contributed by atoms with Gasteiger partial charge in [-0.3, -0.25) is 9.78 Å². The van der Waals surface area contributed by atoms with E-state index in [2.05, 4.69) is 15.6 Å². The van der Waals surface area contributed by atoms with Gasteiger partial charge >= 0.3 is 0 Å². The Labute approximate surface area is 124 Å². The van der Waals surface area contributed by atoms with Crippen LogP contribution in [-0.2, 0) is 13.1 Å². The lowest BCUT2D eigenvalue weighted by Gasteiger charge is -2.11. The molecule has 0 spiro atoms. The van der Waals surface area contributed by atoms with Crippen molar-refractivity contribution in [2.45, 2.75) is 20.0 Å². The highest BCUT2D eigenvalue weighted by atomic mass is 16.1. The highest BCUT2D eigenvalue weighted by Gasteiger charge is 2.06. The normalized spacial score (nSPS) is 10.2. The van der Waals surface area contributed by atoms with Crippen LogP contribution in [0.3, 0.4) is 0 Å². The lowest BCUT2D eigenvalue weighted by molar-refractivity contribution is 0.0951. The minimum Gasteiger partial charge on any atom is -0.381 e. The van der Waals surface area contributed by atoms with Crippen molar-refractivity contribution < 1.29 is 4.79 Å². The monoisotopic (exact) mass is 284 g/mol. The van der Waals surface area contributed by atoms with Gasteiger partial charge in [-0.15, -0.1) is 0 Å². The maximum absolute atomic E-state index is 11.8. The molecule has 0 unspecified atom stereocenters. The summed E-state index contributed by atoms with van der Waals surface area (Å²) >= 11 is 0. The molecule has 0 bridgehead atoms. The summed E-state index contributed by atoms with van der Waals surface area (Å²) in [4.78, 5) is 15.8. The minimum absolute atomic E-state index is 0.163. The van der Waals surface area contributed by atoms with Crippen molar-refractivity contribution in [3.63, 3.8) is 0 Å². The van der Waals surface area contributed by atoms with Crippen molar-refractivity contribution in [2.24, 2.45) is 5.73 Å². The molecule has 0 aliphatic rings. The van der Waals surface area contributed by atoms with Crippen LogP contribution in [0.15, 0.2) is 42.6 Å². The predicted octanol–water partition coefficient (Wildman–Crippen LogP) is 1.90. The summed E-state index contributed by atoms with van der Waals surface area (Å²) in [7, 11) is 0. The summed E-state index contributed by atoms with van der Waals surface area (Å²) in [5.41, 5.74) is 9.26. The van der Waals surface area contributed by atoms with Crippen LogP contribution in [0.4, 0.5) is 5.69 Å². The molecule has 1 aromatic heterocycles. The Hall–Kier alpha value is -2.40. The van der Waals surface area contributed by atoms with Crippen LogP contribution < -0.4 is 16.4 Å². The van der Waals surface area contributed by atoms with Crippen molar-refractivity contribution in [3.05, 3.63) is 59.4 Å². The van der Waals surface area contributed by atoms with E-state index in [-0.39, 0.29) is 5.91 Å².